The average Bonchev–Trinajstić information content (AvgIpc) is 2.73. The van der Waals surface area contributed by atoms with Gasteiger partial charge in [-0.2, -0.15) is 0 Å². The molecular formula is C21H36IN5O2. The summed E-state index contributed by atoms with van der Waals surface area (Å²) < 4.78 is 5.49. The highest BCUT2D eigenvalue weighted by atomic mass is 127. The number of methoxy groups -OCH3 is 1. The number of ether oxygens (including phenoxy) is 1. The summed E-state index contributed by atoms with van der Waals surface area (Å²) >= 11 is 0. The molecule has 1 aromatic carbocycles. The van der Waals surface area contributed by atoms with Gasteiger partial charge < -0.3 is 25.2 Å². The quantitative estimate of drug-likeness (QED) is 0.316. The van der Waals surface area contributed by atoms with Gasteiger partial charge in [-0.15, -0.1) is 24.0 Å². The van der Waals surface area contributed by atoms with E-state index < -0.39 is 0 Å². The Balaban J connectivity index is 0.00000420. The van der Waals surface area contributed by atoms with Crippen LogP contribution >= 0.6 is 24.0 Å². The van der Waals surface area contributed by atoms with E-state index in [1.807, 2.05) is 25.1 Å². The van der Waals surface area contributed by atoms with Gasteiger partial charge in [0.25, 0.3) is 0 Å². The monoisotopic (exact) mass is 517 g/mol. The van der Waals surface area contributed by atoms with E-state index in [-0.39, 0.29) is 35.9 Å². The molecular weight excluding hydrogens is 481 g/mol. The van der Waals surface area contributed by atoms with Crippen molar-refractivity contribution in [1.29, 1.82) is 0 Å². The third-order valence-corrected chi connectivity index (χ3v) is 4.96. The lowest BCUT2D eigenvalue weighted by Crippen LogP contribution is -2.52. The lowest BCUT2D eigenvalue weighted by molar-refractivity contribution is -0.121. The number of hydrogen-bond acceptors (Lipinski definition) is 4. The standard InChI is InChI=1S/C21H35N5O2.HI/c1-5-17(3)24-20(27)11-12-23-21(22-6-2)26-15-13-25(14-16-26)18-9-7-8-10-19(18)28-4;/h7-10,17H,5-6,11-16H2,1-4H3,(H,22,23)(H,24,27);1H. The molecule has 2 rings (SSSR count). The molecule has 1 heterocycles. The largest absolute Gasteiger partial charge is 0.495 e. The Morgan fingerprint density at radius 3 is 2.52 bits per heavy atom. The maximum Gasteiger partial charge on any atom is 0.222 e. The van der Waals surface area contributed by atoms with Crippen LogP contribution in [0.5, 0.6) is 5.75 Å². The lowest BCUT2D eigenvalue weighted by Gasteiger charge is -2.38. The predicted molar refractivity (Wildman–Crippen MR) is 131 cm³/mol. The third kappa shape index (κ3) is 7.91. The number of nitrogens with one attached hydrogen (secondary N) is 2. The fourth-order valence-corrected chi connectivity index (χ4v) is 3.19. The van der Waals surface area contributed by atoms with Crippen LogP contribution in [0.15, 0.2) is 29.3 Å². The number of anilines is 1. The van der Waals surface area contributed by atoms with Crippen molar-refractivity contribution >= 4 is 41.5 Å². The molecule has 1 saturated heterocycles. The number of piperazine rings is 1. The maximum absolute atomic E-state index is 12.0. The summed E-state index contributed by atoms with van der Waals surface area (Å²) in [5.74, 6) is 1.86. The van der Waals surface area contributed by atoms with E-state index in [0.717, 1.165) is 56.5 Å². The van der Waals surface area contributed by atoms with Crippen LogP contribution in [0.2, 0.25) is 0 Å². The zero-order valence-corrected chi connectivity index (χ0v) is 20.4. The van der Waals surface area contributed by atoms with Crippen LogP contribution in [-0.2, 0) is 4.79 Å². The first-order valence-corrected chi connectivity index (χ1v) is 10.3. The van der Waals surface area contributed by atoms with Crippen molar-refractivity contribution in [3.05, 3.63) is 24.3 Å². The van der Waals surface area contributed by atoms with E-state index in [0.29, 0.717) is 13.0 Å². The second-order valence-electron chi connectivity index (χ2n) is 7.01. The van der Waals surface area contributed by atoms with Crippen LogP contribution in [0.3, 0.4) is 0 Å². The van der Waals surface area contributed by atoms with Crippen LogP contribution in [0.1, 0.15) is 33.6 Å². The minimum absolute atomic E-state index is 0. The SMILES string of the molecule is CCNC(=NCCC(=O)NC(C)CC)N1CCN(c2ccccc2OC)CC1.I. The number of carbonyl (C=O) groups excluding carboxylic acids is 1. The summed E-state index contributed by atoms with van der Waals surface area (Å²) in [6.07, 6.45) is 1.36. The first-order chi connectivity index (χ1) is 13.6. The second kappa shape index (κ2) is 13.5. The van der Waals surface area contributed by atoms with Crippen molar-refractivity contribution in [2.75, 3.05) is 51.3 Å². The molecule has 1 fully saturated rings. The molecule has 0 spiro atoms. The van der Waals surface area contributed by atoms with Crippen molar-refractivity contribution in [3.8, 4) is 5.75 Å². The van der Waals surface area contributed by atoms with Crippen LogP contribution in [0, 0.1) is 0 Å². The zero-order chi connectivity index (χ0) is 20.4. The van der Waals surface area contributed by atoms with Gasteiger partial charge in [0.2, 0.25) is 5.91 Å². The highest BCUT2D eigenvalue weighted by Gasteiger charge is 2.21. The van der Waals surface area contributed by atoms with Gasteiger partial charge >= 0.3 is 0 Å². The summed E-state index contributed by atoms with van der Waals surface area (Å²) in [6, 6.07) is 8.35. The van der Waals surface area contributed by atoms with E-state index in [1.54, 1.807) is 7.11 Å². The molecule has 0 radical (unpaired) electrons. The fourth-order valence-electron chi connectivity index (χ4n) is 3.19. The maximum atomic E-state index is 12.0. The number of hydrogen-bond donors (Lipinski definition) is 2. The van der Waals surface area contributed by atoms with Crippen molar-refractivity contribution in [1.82, 2.24) is 15.5 Å². The Morgan fingerprint density at radius 1 is 1.21 bits per heavy atom. The number of rotatable bonds is 8. The Labute approximate surface area is 192 Å². The molecule has 2 N–H and O–H groups in total. The molecule has 1 aromatic rings. The van der Waals surface area contributed by atoms with Crippen LogP contribution in [-0.4, -0.2) is 69.2 Å². The van der Waals surface area contributed by atoms with Crippen LogP contribution in [0.25, 0.3) is 0 Å². The summed E-state index contributed by atoms with van der Waals surface area (Å²) in [5, 5.41) is 6.35. The molecule has 8 heteroatoms. The molecule has 0 saturated carbocycles. The number of nitrogens with zero attached hydrogens (tertiary/aromatic N) is 3. The first-order valence-electron chi connectivity index (χ1n) is 10.3. The van der Waals surface area contributed by atoms with Gasteiger partial charge in [0.05, 0.1) is 19.3 Å². The van der Waals surface area contributed by atoms with Crippen molar-refractivity contribution in [3.63, 3.8) is 0 Å². The number of para-hydroxylation sites is 2. The minimum Gasteiger partial charge on any atom is -0.495 e. The van der Waals surface area contributed by atoms with E-state index in [2.05, 4.69) is 45.3 Å². The molecule has 0 aromatic heterocycles. The number of aliphatic imine (C=N–C) groups is 1. The molecule has 164 valence electrons. The average molecular weight is 517 g/mol. The summed E-state index contributed by atoms with van der Waals surface area (Å²) in [4.78, 5) is 21.2. The molecule has 1 amide bonds. The lowest BCUT2D eigenvalue weighted by atomic mass is 10.2. The van der Waals surface area contributed by atoms with E-state index in [9.17, 15) is 4.79 Å². The highest BCUT2D eigenvalue weighted by Crippen LogP contribution is 2.28. The van der Waals surface area contributed by atoms with E-state index in [1.165, 1.54) is 0 Å². The fraction of sp³-hybridized carbons (Fsp3) is 0.619. The number of halogens is 1. The van der Waals surface area contributed by atoms with Gasteiger partial charge in [-0.05, 0) is 32.4 Å². The van der Waals surface area contributed by atoms with Crippen LogP contribution in [0.4, 0.5) is 5.69 Å². The van der Waals surface area contributed by atoms with Crippen molar-refractivity contribution in [2.45, 2.75) is 39.7 Å². The Kier molecular flexibility index (Phi) is 11.8. The molecule has 0 aliphatic carbocycles. The highest BCUT2D eigenvalue weighted by molar-refractivity contribution is 14.0. The number of guanidine groups is 1. The Morgan fingerprint density at radius 2 is 1.90 bits per heavy atom. The molecule has 1 unspecified atom stereocenters. The molecule has 29 heavy (non-hydrogen) atoms. The van der Waals surface area contributed by atoms with Gasteiger partial charge in [0.15, 0.2) is 5.96 Å². The third-order valence-electron chi connectivity index (χ3n) is 4.96. The van der Waals surface area contributed by atoms with Crippen molar-refractivity contribution < 1.29 is 9.53 Å². The number of carbonyl (C=O) groups is 1. The predicted octanol–water partition coefficient (Wildman–Crippen LogP) is 2.71. The first kappa shape index (κ1) is 25.3. The second-order valence-corrected chi connectivity index (χ2v) is 7.01. The van der Waals surface area contributed by atoms with Crippen molar-refractivity contribution in [2.24, 2.45) is 4.99 Å². The van der Waals surface area contributed by atoms with Gasteiger partial charge in [-0.3, -0.25) is 9.79 Å². The molecule has 7 nitrogen and oxygen atoms in total. The molecule has 1 aliphatic heterocycles. The zero-order valence-electron chi connectivity index (χ0n) is 18.1. The topological polar surface area (TPSA) is 69.2 Å². The summed E-state index contributed by atoms with van der Waals surface area (Å²) in [5.41, 5.74) is 1.13. The Bertz CT molecular complexity index is 648. The van der Waals surface area contributed by atoms with Gasteiger partial charge in [-0.25, -0.2) is 0 Å². The van der Waals surface area contributed by atoms with E-state index in [4.69, 9.17) is 4.74 Å². The molecule has 1 aliphatic rings. The van der Waals surface area contributed by atoms with Gasteiger partial charge in [0, 0.05) is 45.2 Å². The van der Waals surface area contributed by atoms with E-state index >= 15 is 0 Å². The number of amides is 1. The van der Waals surface area contributed by atoms with Crippen LogP contribution < -0.4 is 20.3 Å². The van der Waals surface area contributed by atoms with Gasteiger partial charge in [-0.1, -0.05) is 19.1 Å². The van der Waals surface area contributed by atoms with Gasteiger partial charge in [0.1, 0.15) is 5.75 Å². The minimum atomic E-state index is 0. The summed E-state index contributed by atoms with van der Waals surface area (Å²) in [7, 11) is 1.71. The smallest absolute Gasteiger partial charge is 0.222 e. The Hall–Kier alpha value is -1.71. The normalized spacial score (nSPS) is 15.4. The number of benzene rings is 1. The summed E-state index contributed by atoms with van der Waals surface area (Å²) in [6.45, 7) is 11.0. The molecule has 1 atom stereocenters. The molecule has 0 bridgehead atoms.